The van der Waals surface area contributed by atoms with Crippen molar-refractivity contribution in [3.05, 3.63) is 120 Å². The van der Waals surface area contributed by atoms with Crippen molar-refractivity contribution >= 4 is 5.91 Å². The SMILES string of the molecule is CCCCCCCCCCCCCCCCCCN(CCCCCCCCCCCCCCCCCC)C(=O)C=CC(c1ccccc1)(c1ccccc1)c1ccccc1. The highest BCUT2D eigenvalue weighted by Gasteiger charge is 2.34. The smallest absolute Gasteiger partial charge is 0.246 e. The van der Waals surface area contributed by atoms with Gasteiger partial charge in [0.1, 0.15) is 0 Å². The number of carbonyl (C=O) groups excluding carboxylic acids is 1. The van der Waals surface area contributed by atoms with E-state index in [1.165, 1.54) is 209 Å². The molecule has 2 nitrogen and oxygen atoms in total. The molecule has 0 aliphatic heterocycles. The van der Waals surface area contributed by atoms with E-state index in [0.717, 1.165) is 25.9 Å². The predicted octanol–water partition coefficient (Wildman–Crippen LogP) is 17.9. The van der Waals surface area contributed by atoms with E-state index in [4.69, 9.17) is 0 Å². The minimum Gasteiger partial charge on any atom is -0.339 e. The number of nitrogens with zero attached hydrogens (tertiary/aromatic N) is 1. The number of hydrogen-bond donors (Lipinski definition) is 0. The largest absolute Gasteiger partial charge is 0.339 e. The van der Waals surface area contributed by atoms with E-state index in [1.807, 2.05) is 6.08 Å². The summed E-state index contributed by atoms with van der Waals surface area (Å²) in [6, 6.07) is 32.2. The Kier molecular flexibility index (Phi) is 30.3. The van der Waals surface area contributed by atoms with Gasteiger partial charge in [-0.15, -0.1) is 0 Å². The summed E-state index contributed by atoms with van der Waals surface area (Å²) in [6.45, 7) is 6.31. The molecule has 1 amide bonds. The summed E-state index contributed by atoms with van der Waals surface area (Å²) in [6.07, 6.45) is 47.8. The van der Waals surface area contributed by atoms with Crippen molar-refractivity contribution in [2.75, 3.05) is 13.1 Å². The van der Waals surface area contributed by atoms with Gasteiger partial charge >= 0.3 is 0 Å². The van der Waals surface area contributed by atoms with Crippen LogP contribution in [0.5, 0.6) is 0 Å². The Morgan fingerprint density at radius 2 is 0.600 bits per heavy atom. The standard InChI is InChI=1S/C58H91NO/c1-3-5-7-9-11-13-15-17-19-21-23-25-27-29-31-42-52-59(53-43-32-30-28-26-24-22-20-18-16-14-12-10-8-6-4-2)57(60)50-51-58(54-44-36-33-37-45-54,55-46-38-34-39-47-55)56-48-40-35-41-49-56/h33-41,44-51H,3-32,42-43,52-53H2,1-2H3. The van der Waals surface area contributed by atoms with Crippen molar-refractivity contribution in [3.8, 4) is 0 Å². The number of allylic oxidation sites excluding steroid dienone is 1. The van der Waals surface area contributed by atoms with Crippen molar-refractivity contribution < 1.29 is 4.79 Å². The number of unbranched alkanes of at least 4 members (excludes halogenated alkanes) is 30. The van der Waals surface area contributed by atoms with Crippen molar-refractivity contribution in [2.24, 2.45) is 0 Å². The summed E-state index contributed by atoms with van der Waals surface area (Å²) in [5.74, 6) is 0.157. The lowest BCUT2D eigenvalue weighted by molar-refractivity contribution is -0.126. The van der Waals surface area contributed by atoms with Crippen molar-refractivity contribution in [1.29, 1.82) is 0 Å². The maximum absolute atomic E-state index is 14.3. The van der Waals surface area contributed by atoms with Crippen LogP contribution in [0.25, 0.3) is 0 Å². The van der Waals surface area contributed by atoms with Crippen molar-refractivity contribution in [1.82, 2.24) is 4.90 Å². The second kappa shape index (κ2) is 35.5. The van der Waals surface area contributed by atoms with Gasteiger partial charge in [0.05, 0.1) is 5.41 Å². The summed E-state index contributed by atoms with van der Waals surface area (Å²) in [5.41, 5.74) is 2.96. The van der Waals surface area contributed by atoms with Crippen LogP contribution in [0.4, 0.5) is 0 Å². The van der Waals surface area contributed by atoms with Crippen molar-refractivity contribution in [2.45, 2.75) is 225 Å². The Balaban J connectivity index is 1.49. The minimum atomic E-state index is -0.562. The Morgan fingerprint density at radius 3 is 0.850 bits per heavy atom. The zero-order valence-electron chi connectivity index (χ0n) is 39.2. The summed E-state index contributed by atoms with van der Waals surface area (Å²) in [5, 5.41) is 0. The molecule has 0 saturated heterocycles. The lowest BCUT2D eigenvalue weighted by Gasteiger charge is -2.33. The number of amides is 1. The predicted molar refractivity (Wildman–Crippen MR) is 264 cm³/mol. The first-order valence-electron chi connectivity index (χ1n) is 25.9. The molecular formula is C58H91NO. The number of rotatable bonds is 39. The quantitative estimate of drug-likeness (QED) is 0.0319. The second-order valence-corrected chi connectivity index (χ2v) is 18.2. The molecule has 0 saturated carbocycles. The molecule has 3 aromatic rings. The van der Waals surface area contributed by atoms with Gasteiger partial charge in [0.2, 0.25) is 5.91 Å². The molecule has 0 radical (unpaired) electrons. The molecule has 0 bridgehead atoms. The second-order valence-electron chi connectivity index (χ2n) is 18.2. The van der Waals surface area contributed by atoms with Crippen LogP contribution in [0.2, 0.25) is 0 Å². The zero-order chi connectivity index (χ0) is 42.4. The van der Waals surface area contributed by atoms with E-state index in [9.17, 15) is 4.79 Å². The maximum atomic E-state index is 14.3. The maximum Gasteiger partial charge on any atom is 0.246 e. The molecule has 0 fully saturated rings. The van der Waals surface area contributed by atoms with E-state index < -0.39 is 5.41 Å². The molecule has 2 heteroatoms. The average Bonchev–Trinajstić information content (AvgIpc) is 3.29. The van der Waals surface area contributed by atoms with Gasteiger partial charge in [0, 0.05) is 19.2 Å². The van der Waals surface area contributed by atoms with Gasteiger partial charge in [0.25, 0.3) is 0 Å². The minimum absolute atomic E-state index is 0.157. The Bertz CT molecular complexity index is 1280. The average molecular weight is 818 g/mol. The molecule has 0 heterocycles. The Labute approximate surface area is 371 Å². The normalized spacial score (nSPS) is 11.8. The van der Waals surface area contributed by atoms with Gasteiger partial charge in [-0.1, -0.05) is 304 Å². The Morgan fingerprint density at radius 1 is 0.367 bits per heavy atom. The molecule has 0 N–H and O–H groups in total. The highest BCUT2D eigenvalue weighted by atomic mass is 16.2. The molecule has 3 rings (SSSR count). The van der Waals surface area contributed by atoms with Crippen LogP contribution in [0.1, 0.15) is 236 Å². The van der Waals surface area contributed by atoms with Gasteiger partial charge in [0.15, 0.2) is 0 Å². The third-order valence-electron chi connectivity index (χ3n) is 13.0. The first-order valence-corrected chi connectivity index (χ1v) is 25.9. The van der Waals surface area contributed by atoms with Crippen LogP contribution in [0.3, 0.4) is 0 Å². The molecule has 0 aliphatic carbocycles. The Hall–Kier alpha value is -3.13. The summed E-state index contributed by atoms with van der Waals surface area (Å²) in [4.78, 5) is 16.5. The lowest BCUT2D eigenvalue weighted by Crippen LogP contribution is -2.33. The fourth-order valence-corrected chi connectivity index (χ4v) is 9.23. The van der Waals surface area contributed by atoms with E-state index in [1.54, 1.807) is 0 Å². The van der Waals surface area contributed by atoms with E-state index in [0.29, 0.717) is 0 Å². The highest BCUT2D eigenvalue weighted by molar-refractivity contribution is 5.88. The molecule has 0 aromatic heterocycles. The van der Waals surface area contributed by atoms with E-state index in [2.05, 4.69) is 116 Å². The molecule has 334 valence electrons. The van der Waals surface area contributed by atoms with Crippen LogP contribution in [0, 0.1) is 0 Å². The third-order valence-corrected chi connectivity index (χ3v) is 13.0. The molecule has 0 atom stereocenters. The summed E-state index contributed by atoms with van der Waals surface area (Å²) in [7, 11) is 0. The first-order chi connectivity index (χ1) is 29.7. The zero-order valence-corrected chi connectivity index (χ0v) is 39.2. The lowest BCUT2D eigenvalue weighted by atomic mass is 9.69. The molecule has 3 aromatic carbocycles. The summed E-state index contributed by atoms with van der Waals surface area (Å²) >= 11 is 0. The molecule has 0 aliphatic rings. The third kappa shape index (κ3) is 22.1. The van der Waals surface area contributed by atoms with Gasteiger partial charge in [-0.25, -0.2) is 0 Å². The molecule has 0 unspecified atom stereocenters. The molecular weight excluding hydrogens is 727 g/mol. The van der Waals surface area contributed by atoms with Gasteiger partial charge in [-0.05, 0) is 29.5 Å². The van der Waals surface area contributed by atoms with Gasteiger partial charge in [-0.3, -0.25) is 4.79 Å². The van der Waals surface area contributed by atoms with E-state index >= 15 is 0 Å². The molecule has 60 heavy (non-hydrogen) atoms. The first kappa shape index (κ1) is 51.2. The number of carbonyl (C=O) groups is 1. The van der Waals surface area contributed by atoms with Crippen LogP contribution >= 0.6 is 0 Å². The van der Waals surface area contributed by atoms with Crippen LogP contribution in [0.15, 0.2) is 103 Å². The topological polar surface area (TPSA) is 20.3 Å². The highest BCUT2D eigenvalue weighted by Crippen LogP contribution is 2.40. The van der Waals surface area contributed by atoms with Gasteiger partial charge in [-0.2, -0.15) is 0 Å². The van der Waals surface area contributed by atoms with Crippen LogP contribution < -0.4 is 0 Å². The van der Waals surface area contributed by atoms with Crippen LogP contribution in [-0.2, 0) is 10.2 Å². The number of benzene rings is 3. The van der Waals surface area contributed by atoms with E-state index in [-0.39, 0.29) is 5.91 Å². The fourth-order valence-electron chi connectivity index (χ4n) is 9.23. The molecule has 0 spiro atoms. The van der Waals surface area contributed by atoms with Crippen LogP contribution in [-0.4, -0.2) is 23.9 Å². The monoisotopic (exact) mass is 818 g/mol. The van der Waals surface area contributed by atoms with Crippen molar-refractivity contribution in [3.63, 3.8) is 0 Å². The number of hydrogen-bond acceptors (Lipinski definition) is 1. The fraction of sp³-hybridized carbons (Fsp3) is 0.638. The van der Waals surface area contributed by atoms with Gasteiger partial charge < -0.3 is 4.90 Å². The summed E-state index contributed by atoms with van der Waals surface area (Å²) < 4.78 is 0.